The number of piperazine rings is 1. The van der Waals surface area contributed by atoms with Gasteiger partial charge in [0.1, 0.15) is 0 Å². The zero-order valence-corrected chi connectivity index (χ0v) is 17.5. The van der Waals surface area contributed by atoms with E-state index in [0.717, 1.165) is 43.9 Å². The molecule has 0 saturated carbocycles. The summed E-state index contributed by atoms with van der Waals surface area (Å²) in [4.78, 5) is 15.3. The molecule has 2 rings (SSSR count). The molecule has 5 heteroatoms. The zero-order chi connectivity index (χ0) is 20.4. The Bertz CT molecular complexity index is 680. The van der Waals surface area contributed by atoms with Gasteiger partial charge in [0, 0.05) is 38.4 Å². The molecule has 1 aromatic rings. The lowest BCUT2D eigenvalue weighted by Crippen LogP contribution is -2.44. The van der Waals surface area contributed by atoms with Crippen LogP contribution < -0.4 is 10.2 Å². The Morgan fingerprint density at radius 2 is 2.04 bits per heavy atom. The molecule has 0 radical (unpaired) electrons. The molecule has 1 saturated heterocycles. The second-order valence-corrected chi connectivity index (χ2v) is 7.37. The lowest BCUT2D eigenvalue weighted by Gasteiger charge is -2.32. The highest BCUT2D eigenvalue weighted by atomic mass is 19.1. The van der Waals surface area contributed by atoms with Crippen LogP contribution in [0, 0.1) is 5.92 Å². The van der Waals surface area contributed by atoms with E-state index in [4.69, 9.17) is 0 Å². The molecule has 1 N–H and O–H groups in total. The number of amides is 1. The number of carbonyl (C=O) groups is 1. The highest BCUT2D eigenvalue weighted by Gasteiger charge is 2.19. The summed E-state index contributed by atoms with van der Waals surface area (Å²) in [6.07, 6.45) is 6.46. The van der Waals surface area contributed by atoms with Gasteiger partial charge >= 0.3 is 6.16 Å². The third kappa shape index (κ3) is 6.48. The van der Waals surface area contributed by atoms with Crippen LogP contribution in [0.1, 0.15) is 39.2 Å². The molecule has 1 fully saturated rings. The van der Waals surface area contributed by atoms with Gasteiger partial charge in [-0.3, -0.25) is 0 Å². The number of hydrogen-bond donors (Lipinski definition) is 1. The molecule has 0 aliphatic carbocycles. The quantitative estimate of drug-likeness (QED) is 0.371. The van der Waals surface area contributed by atoms with Crippen molar-refractivity contribution >= 4 is 11.8 Å². The molecule has 0 bridgehead atoms. The van der Waals surface area contributed by atoms with E-state index < -0.39 is 6.16 Å². The van der Waals surface area contributed by atoms with Gasteiger partial charge in [-0.05, 0) is 37.3 Å². The minimum atomic E-state index is -1.36. The normalized spacial score (nSPS) is 16.4. The fraction of sp³-hybridized carbons (Fsp3) is 0.522. The average molecular weight is 388 g/mol. The number of rotatable bonds is 9. The van der Waals surface area contributed by atoms with Gasteiger partial charge in [-0.2, -0.15) is 0 Å². The minimum absolute atomic E-state index is 0.298. The smallest absolute Gasteiger partial charge is 0.369 e. The van der Waals surface area contributed by atoms with Crippen LogP contribution in [0.5, 0.6) is 0 Å². The first-order chi connectivity index (χ1) is 13.6. The van der Waals surface area contributed by atoms with Crippen LogP contribution in [-0.4, -0.2) is 43.8 Å². The number of halogens is 1. The van der Waals surface area contributed by atoms with Crippen molar-refractivity contribution in [2.45, 2.75) is 40.2 Å². The van der Waals surface area contributed by atoms with Gasteiger partial charge in [0.25, 0.3) is 0 Å². The summed E-state index contributed by atoms with van der Waals surface area (Å²) >= 11 is 0. The SMILES string of the molecule is C/C=C\C=C(\CCN(Cc1ccccc1N1CCNCC1)C(=O)F)C(C)CC. The van der Waals surface area contributed by atoms with Crippen LogP contribution in [0.4, 0.5) is 14.9 Å². The Balaban J connectivity index is 2.12. The monoisotopic (exact) mass is 387 g/mol. The van der Waals surface area contributed by atoms with Crippen molar-refractivity contribution in [3.63, 3.8) is 0 Å². The molecule has 1 heterocycles. The number of allylic oxidation sites excluding steroid dienone is 3. The van der Waals surface area contributed by atoms with Crippen molar-refractivity contribution < 1.29 is 9.18 Å². The predicted octanol–water partition coefficient (Wildman–Crippen LogP) is 4.93. The van der Waals surface area contributed by atoms with Crippen LogP contribution >= 0.6 is 0 Å². The highest BCUT2D eigenvalue weighted by molar-refractivity contribution is 5.67. The Labute approximate surface area is 169 Å². The van der Waals surface area contributed by atoms with E-state index in [0.29, 0.717) is 25.4 Å². The zero-order valence-electron chi connectivity index (χ0n) is 17.5. The van der Waals surface area contributed by atoms with E-state index in [-0.39, 0.29) is 0 Å². The molecule has 1 amide bonds. The van der Waals surface area contributed by atoms with Crippen molar-refractivity contribution in [3.05, 3.63) is 53.6 Å². The molecule has 1 aromatic carbocycles. The Morgan fingerprint density at radius 1 is 1.32 bits per heavy atom. The third-order valence-electron chi connectivity index (χ3n) is 5.48. The molecule has 0 spiro atoms. The number of para-hydroxylation sites is 1. The van der Waals surface area contributed by atoms with Gasteiger partial charge in [-0.25, -0.2) is 4.79 Å². The van der Waals surface area contributed by atoms with Crippen LogP contribution in [0.3, 0.4) is 0 Å². The average Bonchev–Trinajstić information content (AvgIpc) is 2.73. The summed E-state index contributed by atoms with van der Waals surface area (Å²) in [5.41, 5.74) is 3.35. The second-order valence-electron chi connectivity index (χ2n) is 7.37. The number of anilines is 1. The van der Waals surface area contributed by atoms with Gasteiger partial charge in [-0.1, -0.05) is 55.8 Å². The molecular formula is C23H34FN3O. The van der Waals surface area contributed by atoms with E-state index in [9.17, 15) is 9.18 Å². The van der Waals surface area contributed by atoms with E-state index in [2.05, 4.69) is 36.2 Å². The molecule has 1 atom stereocenters. The first-order valence-corrected chi connectivity index (χ1v) is 10.4. The maximum atomic E-state index is 13.8. The van der Waals surface area contributed by atoms with Crippen LogP contribution in [-0.2, 0) is 6.54 Å². The van der Waals surface area contributed by atoms with E-state index in [1.807, 2.05) is 37.3 Å². The topological polar surface area (TPSA) is 35.6 Å². The van der Waals surface area contributed by atoms with E-state index in [1.54, 1.807) is 0 Å². The minimum Gasteiger partial charge on any atom is -0.369 e. The van der Waals surface area contributed by atoms with Crippen LogP contribution in [0.15, 0.2) is 48.1 Å². The van der Waals surface area contributed by atoms with Crippen molar-refractivity contribution in [2.75, 3.05) is 37.6 Å². The van der Waals surface area contributed by atoms with E-state index in [1.165, 1.54) is 10.5 Å². The summed E-state index contributed by atoms with van der Waals surface area (Å²) in [6.45, 7) is 10.7. The fourth-order valence-electron chi connectivity index (χ4n) is 3.53. The number of benzene rings is 1. The van der Waals surface area contributed by atoms with Crippen molar-refractivity contribution in [2.24, 2.45) is 5.92 Å². The van der Waals surface area contributed by atoms with Crippen LogP contribution in [0.2, 0.25) is 0 Å². The van der Waals surface area contributed by atoms with Crippen LogP contribution in [0.25, 0.3) is 0 Å². The highest BCUT2D eigenvalue weighted by Crippen LogP contribution is 2.24. The first kappa shape index (κ1) is 22.2. The van der Waals surface area contributed by atoms with Gasteiger partial charge in [0.15, 0.2) is 0 Å². The Hall–Kier alpha value is -2.14. The largest absolute Gasteiger partial charge is 0.400 e. The van der Waals surface area contributed by atoms with Gasteiger partial charge < -0.3 is 15.1 Å². The summed E-state index contributed by atoms with van der Waals surface area (Å²) in [7, 11) is 0. The van der Waals surface area contributed by atoms with Crippen molar-refractivity contribution in [1.29, 1.82) is 0 Å². The number of nitrogens with zero attached hydrogens (tertiary/aromatic N) is 2. The van der Waals surface area contributed by atoms with Gasteiger partial charge in [0.05, 0.1) is 6.54 Å². The Morgan fingerprint density at radius 3 is 2.68 bits per heavy atom. The number of carbonyl (C=O) groups excluding carboxylic acids is 1. The number of nitrogens with one attached hydrogen (secondary N) is 1. The molecule has 1 aliphatic heterocycles. The van der Waals surface area contributed by atoms with Crippen molar-refractivity contribution in [3.8, 4) is 0 Å². The maximum Gasteiger partial charge on any atom is 0.400 e. The standard InChI is InChI=1S/C23H34FN3O/c1-4-6-9-20(19(3)5-2)12-15-27(23(24)28)18-21-10-7-8-11-22(21)26-16-13-25-14-17-26/h4,6-11,19,25H,5,12-18H2,1-3H3/b6-4-,20-9-. The fourth-order valence-corrected chi connectivity index (χ4v) is 3.53. The molecular weight excluding hydrogens is 353 g/mol. The molecule has 28 heavy (non-hydrogen) atoms. The summed E-state index contributed by atoms with van der Waals surface area (Å²) < 4.78 is 13.8. The van der Waals surface area contributed by atoms with Crippen molar-refractivity contribution in [1.82, 2.24) is 10.2 Å². The Kier molecular flexibility index (Phi) is 9.21. The third-order valence-corrected chi connectivity index (χ3v) is 5.48. The number of hydrogen-bond acceptors (Lipinski definition) is 3. The molecule has 0 aromatic heterocycles. The predicted molar refractivity (Wildman–Crippen MR) is 115 cm³/mol. The summed E-state index contributed by atoms with van der Waals surface area (Å²) in [5.74, 6) is 0.417. The molecule has 4 nitrogen and oxygen atoms in total. The lowest BCUT2D eigenvalue weighted by molar-refractivity contribution is 0.172. The van der Waals surface area contributed by atoms with Gasteiger partial charge in [0.2, 0.25) is 0 Å². The molecule has 1 unspecified atom stereocenters. The maximum absolute atomic E-state index is 13.8. The van der Waals surface area contributed by atoms with E-state index >= 15 is 0 Å². The second kappa shape index (κ2) is 11.6. The summed E-state index contributed by atoms with van der Waals surface area (Å²) in [6, 6.07) is 8.03. The molecule has 154 valence electrons. The molecule has 1 aliphatic rings. The lowest BCUT2D eigenvalue weighted by atomic mass is 9.95. The summed E-state index contributed by atoms with van der Waals surface area (Å²) in [5, 5.41) is 3.35. The van der Waals surface area contributed by atoms with Gasteiger partial charge in [-0.15, -0.1) is 4.39 Å². The first-order valence-electron chi connectivity index (χ1n) is 10.4.